The summed E-state index contributed by atoms with van der Waals surface area (Å²) in [6.45, 7) is 0.982. The molecule has 1 aromatic rings. The Morgan fingerprint density at radius 2 is 1.62 bits per heavy atom. The van der Waals surface area contributed by atoms with Crippen molar-refractivity contribution in [1.29, 1.82) is 0 Å². The number of nitrogens with zero attached hydrogens (tertiary/aromatic N) is 2. The number of imide groups is 1. The number of rotatable bonds is 1. The highest BCUT2D eigenvalue weighted by Gasteiger charge is 2.41. The molecular weight excluding hydrogens is 272 g/mol. The zero-order chi connectivity index (χ0) is 15.0. The van der Waals surface area contributed by atoms with Gasteiger partial charge in [-0.3, -0.25) is 14.5 Å². The zero-order valence-corrected chi connectivity index (χ0v) is 11.7. The lowest BCUT2D eigenvalue weighted by atomic mass is 10.0. The van der Waals surface area contributed by atoms with Crippen LogP contribution in [0.15, 0.2) is 24.3 Å². The molecule has 0 aliphatic carbocycles. The third-order valence-corrected chi connectivity index (χ3v) is 4.09. The summed E-state index contributed by atoms with van der Waals surface area (Å²) in [6, 6.07) is 6.72. The molecule has 0 unspecified atom stereocenters. The van der Waals surface area contributed by atoms with Crippen LogP contribution in [0.1, 0.15) is 33.6 Å². The van der Waals surface area contributed by atoms with E-state index in [1.165, 1.54) is 12.0 Å². The van der Waals surface area contributed by atoms with Crippen LogP contribution in [-0.4, -0.2) is 53.9 Å². The molecule has 6 nitrogen and oxygen atoms in total. The number of fused-ring (bicyclic) bond motifs is 1. The van der Waals surface area contributed by atoms with E-state index in [1.807, 2.05) is 0 Å². The average molecular weight is 288 g/mol. The Balaban J connectivity index is 1.74. The van der Waals surface area contributed by atoms with Gasteiger partial charge in [-0.1, -0.05) is 12.1 Å². The molecule has 0 saturated carbocycles. The van der Waals surface area contributed by atoms with Crippen molar-refractivity contribution in [3.63, 3.8) is 0 Å². The van der Waals surface area contributed by atoms with Gasteiger partial charge in [0.2, 0.25) is 0 Å². The number of carbonyl (C=O) groups excluding carboxylic acids is 3. The first kappa shape index (κ1) is 13.6. The lowest BCUT2D eigenvalue weighted by Gasteiger charge is -2.34. The molecule has 0 atom stereocenters. The van der Waals surface area contributed by atoms with Crippen molar-refractivity contribution in [2.24, 2.45) is 0 Å². The number of amides is 3. The van der Waals surface area contributed by atoms with Crippen molar-refractivity contribution >= 4 is 17.9 Å². The Bertz CT molecular complexity index is 570. The zero-order valence-electron chi connectivity index (χ0n) is 11.7. The maximum absolute atomic E-state index is 12.4. The quantitative estimate of drug-likeness (QED) is 0.735. The SMILES string of the molecule is COC(=O)N1CCC(N2C(=O)c3ccccc3C2=O)CC1. The molecule has 21 heavy (non-hydrogen) atoms. The maximum Gasteiger partial charge on any atom is 0.409 e. The van der Waals surface area contributed by atoms with E-state index in [2.05, 4.69) is 4.74 Å². The van der Waals surface area contributed by atoms with Gasteiger partial charge in [0.25, 0.3) is 11.8 Å². The molecule has 2 aliphatic rings. The van der Waals surface area contributed by atoms with Gasteiger partial charge in [0.05, 0.1) is 18.2 Å². The Labute approximate surface area is 122 Å². The lowest BCUT2D eigenvalue weighted by Crippen LogP contribution is -2.48. The van der Waals surface area contributed by atoms with Gasteiger partial charge < -0.3 is 9.64 Å². The smallest absolute Gasteiger partial charge is 0.409 e. The van der Waals surface area contributed by atoms with Crippen LogP contribution >= 0.6 is 0 Å². The number of benzene rings is 1. The minimum absolute atomic E-state index is 0.154. The van der Waals surface area contributed by atoms with Crippen molar-refractivity contribution in [3.05, 3.63) is 35.4 Å². The summed E-state index contributed by atoms with van der Waals surface area (Å²) in [5.41, 5.74) is 0.941. The number of hydrogen-bond donors (Lipinski definition) is 0. The molecule has 0 N–H and O–H groups in total. The molecule has 1 saturated heterocycles. The Morgan fingerprint density at radius 1 is 1.10 bits per heavy atom. The number of ether oxygens (including phenoxy) is 1. The topological polar surface area (TPSA) is 66.9 Å². The van der Waals surface area contributed by atoms with Gasteiger partial charge in [-0.05, 0) is 25.0 Å². The second-order valence-electron chi connectivity index (χ2n) is 5.21. The van der Waals surface area contributed by atoms with Gasteiger partial charge in [-0.25, -0.2) is 4.79 Å². The summed E-state index contributed by atoms with van der Waals surface area (Å²) < 4.78 is 4.68. The van der Waals surface area contributed by atoms with Crippen molar-refractivity contribution in [1.82, 2.24) is 9.80 Å². The van der Waals surface area contributed by atoms with Gasteiger partial charge in [0.15, 0.2) is 0 Å². The highest BCUT2D eigenvalue weighted by molar-refractivity contribution is 6.21. The van der Waals surface area contributed by atoms with E-state index in [1.54, 1.807) is 29.2 Å². The first-order chi connectivity index (χ1) is 10.1. The van der Waals surface area contributed by atoms with Crippen LogP contribution in [0.25, 0.3) is 0 Å². The molecule has 110 valence electrons. The van der Waals surface area contributed by atoms with Crippen LogP contribution in [0, 0.1) is 0 Å². The third kappa shape index (κ3) is 2.16. The second-order valence-corrected chi connectivity index (χ2v) is 5.21. The van der Waals surface area contributed by atoms with Crippen molar-refractivity contribution < 1.29 is 19.1 Å². The summed E-state index contributed by atoms with van der Waals surface area (Å²) in [5, 5.41) is 0. The highest BCUT2D eigenvalue weighted by Crippen LogP contribution is 2.28. The summed E-state index contributed by atoms with van der Waals surface area (Å²) in [7, 11) is 1.35. The summed E-state index contributed by atoms with van der Waals surface area (Å²) in [5.74, 6) is -0.459. The van der Waals surface area contributed by atoms with Crippen LogP contribution in [0.4, 0.5) is 4.79 Å². The molecule has 2 aliphatic heterocycles. The highest BCUT2D eigenvalue weighted by atomic mass is 16.5. The number of carbonyl (C=O) groups is 3. The van der Waals surface area contributed by atoms with Crippen LogP contribution in [0.3, 0.4) is 0 Å². The van der Waals surface area contributed by atoms with Crippen LogP contribution in [0.2, 0.25) is 0 Å². The molecular formula is C15H16N2O4. The van der Waals surface area contributed by atoms with Crippen molar-refractivity contribution in [2.75, 3.05) is 20.2 Å². The van der Waals surface area contributed by atoms with Crippen molar-refractivity contribution in [2.45, 2.75) is 18.9 Å². The van der Waals surface area contributed by atoms with Gasteiger partial charge in [-0.2, -0.15) is 0 Å². The predicted octanol–water partition coefficient (Wildman–Crippen LogP) is 1.51. The summed E-state index contributed by atoms with van der Waals surface area (Å²) in [4.78, 5) is 39.2. The van der Waals surface area contributed by atoms with Crippen LogP contribution in [-0.2, 0) is 4.74 Å². The van der Waals surface area contributed by atoms with Crippen LogP contribution in [0.5, 0.6) is 0 Å². The third-order valence-electron chi connectivity index (χ3n) is 4.09. The first-order valence-corrected chi connectivity index (χ1v) is 6.93. The molecule has 0 bridgehead atoms. The molecule has 3 rings (SSSR count). The van der Waals surface area contributed by atoms with E-state index in [9.17, 15) is 14.4 Å². The molecule has 1 aromatic carbocycles. The molecule has 0 radical (unpaired) electrons. The predicted molar refractivity (Wildman–Crippen MR) is 73.9 cm³/mol. The van der Waals surface area contributed by atoms with E-state index < -0.39 is 0 Å². The molecule has 0 spiro atoms. The van der Waals surface area contributed by atoms with Gasteiger partial charge in [0.1, 0.15) is 0 Å². The second kappa shape index (κ2) is 5.20. The van der Waals surface area contributed by atoms with E-state index in [0.29, 0.717) is 37.1 Å². The minimum atomic E-state index is -0.365. The lowest BCUT2D eigenvalue weighted by molar-refractivity contribution is 0.0496. The molecule has 6 heteroatoms. The number of hydrogen-bond acceptors (Lipinski definition) is 4. The fourth-order valence-corrected chi connectivity index (χ4v) is 2.98. The van der Waals surface area contributed by atoms with Gasteiger partial charge in [-0.15, -0.1) is 0 Å². The summed E-state index contributed by atoms with van der Waals surface area (Å²) >= 11 is 0. The Morgan fingerprint density at radius 3 is 2.10 bits per heavy atom. The Hall–Kier alpha value is -2.37. The summed E-state index contributed by atoms with van der Waals surface area (Å²) in [6.07, 6.45) is 0.803. The van der Waals surface area contributed by atoms with E-state index in [4.69, 9.17) is 0 Å². The average Bonchev–Trinajstić information content (AvgIpc) is 2.79. The fraction of sp³-hybridized carbons (Fsp3) is 0.400. The monoisotopic (exact) mass is 288 g/mol. The standard InChI is InChI=1S/C15H16N2O4/c1-21-15(20)16-8-6-10(7-9-16)17-13(18)11-4-2-3-5-12(11)14(17)19/h2-5,10H,6-9H2,1H3. The molecule has 0 aromatic heterocycles. The van der Waals surface area contributed by atoms with Gasteiger partial charge >= 0.3 is 6.09 Å². The maximum atomic E-state index is 12.4. The number of piperidine rings is 1. The largest absolute Gasteiger partial charge is 0.453 e. The van der Waals surface area contributed by atoms with Crippen molar-refractivity contribution in [3.8, 4) is 0 Å². The number of likely N-dealkylation sites (tertiary alicyclic amines) is 1. The Kier molecular flexibility index (Phi) is 3.37. The molecule has 3 amide bonds. The van der Waals surface area contributed by atoms with E-state index >= 15 is 0 Å². The van der Waals surface area contributed by atoms with Gasteiger partial charge in [0, 0.05) is 19.1 Å². The molecule has 1 fully saturated rings. The van der Waals surface area contributed by atoms with E-state index in [-0.39, 0.29) is 23.9 Å². The van der Waals surface area contributed by atoms with Crippen LogP contribution < -0.4 is 0 Å². The molecule has 2 heterocycles. The minimum Gasteiger partial charge on any atom is -0.453 e. The normalized spacial score (nSPS) is 18.9. The fourth-order valence-electron chi connectivity index (χ4n) is 2.98. The number of methoxy groups -OCH3 is 1. The first-order valence-electron chi connectivity index (χ1n) is 6.93. The van der Waals surface area contributed by atoms with E-state index in [0.717, 1.165) is 0 Å².